The highest BCUT2D eigenvalue weighted by Crippen LogP contribution is 2.51. The standard InChI is InChI=1S/C24H27N5O3/c1-15-11-19(27-13-18(15)21(30)32-23(2,3)4)28-20-12-17(7-9-26-20)29-10-8-24(14-25,22(29)31)16-5-6-16/h7,9,11-13,16H,5-6,8,10H2,1-4H3,(H,26,27,28)/t24-/m1/s1. The predicted octanol–water partition coefficient (Wildman–Crippen LogP) is 4.14. The molecule has 32 heavy (non-hydrogen) atoms. The minimum absolute atomic E-state index is 0.115. The van der Waals surface area contributed by atoms with E-state index in [1.165, 1.54) is 6.20 Å². The van der Waals surface area contributed by atoms with Gasteiger partial charge in [-0.1, -0.05) is 0 Å². The third-order valence-corrected chi connectivity index (χ3v) is 5.87. The molecular formula is C24H27N5O3. The number of aryl methyl sites for hydroxylation is 1. The van der Waals surface area contributed by atoms with Gasteiger partial charge in [0, 0.05) is 30.7 Å². The lowest BCUT2D eigenvalue weighted by atomic mass is 9.83. The highest BCUT2D eigenvalue weighted by Gasteiger charge is 2.56. The van der Waals surface area contributed by atoms with Gasteiger partial charge in [0.2, 0.25) is 5.91 Å². The third kappa shape index (κ3) is 4.15. The number of nitriles is 1. The summed E-state index contributed by atoms with van der Waals surface area (Å²) in [4.78, 5) is 35.7. The summed E-state index contributed by atoms with van der Waals surface area (Å²) in [5.41, 5.74) is 0.369. The van der Waals surface area contributed by atoms with E-state index in [-0.39, 0.29) is 11.8 Å². The number of nitrogens with zero attached hydrogens (tertiary/aromatic N) is 4. The molecule has 8 heteroatoms. The molecule has 1 aliphatic heterocycles. The van der Waals surface area contributed by atoms with Crippen LogP contribution >= 0.6 is 0 Å². The number of rotatable bonds is 5. The zero-order valence-electron chi connectivity index (χ0n) is 18.8. The largest absolute Gasteiger partial charge is 0.456 e. The van der Waals surface area contributed by atoms with Gasteiger partial charge in [0.1, 0.15) is 22.7 Å². The smallest absolute Gasteiger partial charge is 0.340 e. The fourth-order valence-electron chi connectivity index (χ4n) is 4.09. The lowest BCUT2D eigenvalue weighted by molar-refractivity contribution is -0.123. The molecule has 2 aliphatic rings. The van der Waals surface area contributed by atoms with E-state index in [1.54, 1.807) is 29.3 Å². The Bertz CT molecular complexity index is 1110. The van der Waals surface area contributed by atoms with Crippen LogP contribution in [0.2, 0.25) is 0 Å². The number of esters is 1. The van der Waals surface area contributed by atoms with Crippen LogP contribution in [0.25, 0.3) is 0 Å². The number of hydrogen-bond donors (Lipinski definition) is 1. The van der Waals surface area contributed by atoms with Gasteiger partial charge in [-0.2, -0.15) is 5.26 Å². The minimum atomic E-state index is -0.882. The van der Waals surface area contributed by atoms with Gasteiger partial charge in [-0.3, -0.25) is 4.79 Å². The monoisotopic (exact) mass is 433 g/mol. The molecule has 0 radical (unpaired) electrons. The van der Waals surface area contributed by atoms with E-state index in [1.807, 2.05) is 27.7 Å². The molecule has 3 heterocycles. The summed E-state index contributed by atoms with van der Waals surface area (Å²) in [5, 5.41) is 12.8. The van der Waals surface area contributed by atoms with Crippen molar-refractivity contribution in [2.75, 3.05) is 16.8 Å². The first-order valence-electron chi connectivity index (χ1n) is 10.8. The maximum atomic E-state index is 13.1. The van der Waals surface area contributed by atoms with Gasteiger partial charge < -0.3 is 15.0 Å². The van der Waals surface area contributed by atoms with Crippen molar-refractivity contribution in [3.63, 3.8) is 0 Å². The second kappa shape index (κ2) is 7.90. The van der Waals surface area contributed by atoms with Crippen LogP contribution in [-0.4, -0.2) is 34.0 Å². The van der Waals surface area contributed by atoms with Crippen molar-refractivity contribution in [3.8, 4) is 6.07 Å². The van der Waals surface area contributed by atoms with Crippen LogP contribution in [0.4, 0.5) is 17.3 Å². The number of nitrogens with one attached hydrogen (secondary N) is 1. The molecule has 1 atom stereocenters. The van der Waals surface area contributed by atoms with E-state index >= 15 is 0 Å². The predicted molar refractivity (Wildman–Crippen MR) is 119 cm³/mol. The van der Waals surface area contributed by atoms with Crippen molar-refractivity contribution >= 4 is 29.2 Å². The molecule has 4 rings (SSSR count). The third-order valence-electron chi connectivity index (χ3n) is 5.87. The van der Waals surface area contributed by atoms with Gasteiger partial charge in [-0.25, -0.2) is 14.8 Å². The second-order valence-electron chi connectivity index (χ2n) is 9.47. The topological polar surface area (TPSA) is 108 Å². The van der Waals surface area contributed by atoms with Crippen LogP contribution in [0.5, 0.6) is 0 Å². The molecule has 8 nitrogen and oxygen atoms in total. The summed E-state index contributed by atoms with van der Waals surface area (Å²) in [7, 11) is 0. The normalized spacial score (nSPS) is 20.7. The fourth-order valence-corrected chi connectivity index (χ4v) is 4.09. The summed E-state index contributed by atoms with van der Waals surface area (Å²) in [6.07, 6.45) is 5.55. The Balaban J connectivity index is 1.50. The van der Waals surface area contributed by atoms with E-state index in [0.717, 1.165) is 18.4 Å². The maximum Gasteiger partial charge on any atom is 0.340 e. The zero-order chi connectivity index (χ0) is 23.1. The van der Waals surface area contributed by atoms with Crippen molar-refractivity contribution in [1.82, 2.24) is 9.97 Å². The average Bonchev–Trinajstić information content (AvgIpc) is 3.51. The first-order valence-corrected chi connectivity index (χ1v) is 10.8. The summed E-state index contributed by atoms with van der Waals surface area (Å²) in [5.74, 6) is 0.693. The van der Waals surface area contributed by atoms with Gasteiger partial charge in [-0.15, -0.1) is 0 Å². The lowest BCUT2D eigenvalue weighted by Crippen LogP contribution is -2.35. The number of amides is 1. The SMILES string of the molecule is Cc1cc(Nc2cc(N3CC[C@@](C#N)(C4CC4)C3=O)ccn2)ncc1C(=O)OC(C)(C)C. The number of aromatic nitrogens is 2. The molecule has 1 saturated heterocycles. The van der Waals surface area contributed by atoms with Crippen molar-refractivity contribution in [2.24, 2.45) is 11.3 Å². The molecule has 2 aromatic heterocycles. The number of carbonyl (C=O) groups is 2. The van der Waals surface area contributed by atoms with Gasteiger partial charge in [0.25, 0.3) is 0 Å². The first-order chi connectivity index (χ1) is 15.1. The summed E-state index contributed by atoms with van der Waals surface area (Å²) in [6, 6.07) is 7.61. The van der Waals surface area contributed by atoms with Gasteiger partial charge in [0.15, 0.2) is 0 Å². The highest BCUT2D eigenvalue weighted by molar-refractivity contribution is 6.02. The fraction of sp³-hybridized carbons (Fsp3) is 0.458. The highest BCUT2D eigenvalue weighted by atomic mass is 16.6. The Morgan fingerprint density at radius 1 is 1.28 bits per heavy atom. The molecule has 1 N–H and O–H groups in total. The molecular weight excluding hydrogens is 406 g/mol. The van der Waals surface area contributed by atoms with Crippen LogP contribution in [0.15, 0.2) is 30.6 Å². The Hall–Kier alpha value is -3.47. The van der Waals surface area contributed by atoms with Crippen LogP contribution in [0.3, 0.4) is 0 Å². The minimum Gasteiger partial charge on any atom is -0.456 e. The molecule has 2 aromatic rings. The molecule has 1 aliphatic carbocycles. The average molecular weight is 434 g/mol. The van der Waals surface area contributed by atoms with E-state index in [9.17, 15) is 14.9 Å². The van der Waals surface area contributed by atoms with E-state index < -0.39 is 17.0 Å². The molecule has 1 amide bonds. The van der Waals surface area contributed by atoms with Gasteiger partial charge in [-0.05, 0) is 70.6 Å². The van der Waals surface area contributed by atoms with Crippen LogP contribution in [0.1, 0.15) is 56.0 Å². The summed E-state index contributed by atoms with van der Waals surface area (Å²) in [6.45, 7) is 7.79. The number of carbonyl (C=O) groups excluding carboxylic acids is 2. The molecule has 2 fully saturated rings. The van der Waals surface area contributed by atoms with Crippen LogP contribution < -0.4 is 10.2 Å². The quantitative estimate of drug-likeness (QED) is 0.706. The maximum absolute atomic E-state index is 13.1. The lowest BCUT2D eigenvalue weighted by Gasteiger charge is -2.21. The second-order valence-corrected chi connectivity index (χ2v) is 9.47. The molecule has 0 spiro atoms. The van der Waals surface area contributed by atoms with Crippen molar-refractivity contribution in [2.45, 2.75) is 52.6 Å². The molecule has 0 unspecified atom stereocenters. The van der Waals surface area contributed by atoms with Crippen molar-refractivity contribution < 1.29 is 14.3 Å². The first kappa shape index (κ1) is 21.8. The Labute approximate surface area is 187 Å². The molecule has 0 bridgehead atoms. The number of anilines is 3. The molecule has 1 saturated carbocycles. The van der Waals surface area contributed by atoms with Crippen LogP contribution in [0, 0.1) is 29.6 Å². The van der Waals surface area contributed by atoms with Crippen LogP contribution in [-0.2, 0) is 9.53 Å². The van der Waals surface area contributed by atoms with Crippen molar-refractivity contribution in [1.29, 1.82) is 5.26 Å². The summed E-state index contributed by atoms with van der Waals surface area (Å²) < 4.78 is 5.42. The Kier molecular flexibility index (Phi) is 5.37. The Morgan fingerprint density at radius 3 is 2.62 bits per heavy atom. The van der Waals surface area contributed by atoms with Gasteiger partial charge >= 0.3 is 5.97 Å². The summed E-state index contributed by atoms with van der Waals surface area (Å²) >= 11 is 0. The number of hydrogen-bond acceptors (Lipinski definition) is 7. The zero-order valence-corrected chi connectivity index (χ0v) is 18.8. The van der Waals surface area contributed by atoms with E-state index in [0.29, 0.717) is 35.9 Å². The number of ether oxygens (including phenoxy) is 1. The van der Waals surface area contributed by atoms with E-state index in [4.69, 9.17) is 4.74 Å². The van der Waals surface area contributed by atoms with Gasteiger partial charge in [0.05, 0.1) is 11.6 Å². The molecule has 0 aromatic carbocycles. The molecule has 166 valence electrons. The number of pyridine rings is 2. The van der Waals surface area contributed by atoms with E-state index in [2.05, 4.69) is 21.4 Å². The van der Waals surface area contributed by atoms with Crippen molar-refractivity contribution in [3.05, 3.63) is 41.7 Å². The Morgan fingerprint density at radius 2 is 2.00 bits per heavy atom.